The van der Waals surface area contributed by atoms with E-state index in [9.17, 15) is 36.6 Å². The Morgan fingerprint density at radius 3 is 1.38 bits per heavy atom. The summed E-state index contributed by atoms with van der Waals surface area (Å²) in [6.07, 6.45) is 3.44. The number of aliphatic hydroxyl groups excluding tert-OH is 2. The number of aldehydes is 1. The maximum Gasteiger partial charge on any atom is 0.408 e. The molecule has 20 heteroatoms. The number of halogens is 7. The van der Waals surface area contributed by atoms with E-state index in [0.29, 0.717) is 109 Å². The van der Waals surface area contributed by atoms with Crippen molar-refractivity contribution in [1.82, 2.24) is 5.32 Å². The number of hydrogen-bond donors (Lipinski definition) is 4. The van der Waals surface area contributed by atoms with Crippen molar-refractivity contribution in [1.29, 1.82) is 0 Å². The Morgan fingerprint density at radius 2 is 0.987 bits per heavy atom. The number of carbonyl (C=O) groups is 2. The van der Waals surface area contributed by atoms with E-state index in [1.807, 2.05) is 20.8 Å². The van der Waals surface area contributed by atoms with Crippen LogP contribution in [0.5, 0.6) is 0 Å². The molecule has 13 nitrogen and oxygen atoms in total. The minimum absolute atomic E-state index is 0.145. The molecule has 3 heterocycles. The summed E-state index contributed by atoms with van der Waals surface area (Å²) in [6.45, 7) is 19.7. The van der Waals surface area contributed by atoms with Crippen LogP contribution in [-0.2, 0) is 18.9 Å². The van der Waals surface area contributed by atoms with Crippen LogP contribution in [0.4, 0.5) is 43.8 Å². The van der Waals surface area contributed by atoms with Gasteiger partial charge in [0.1, 0.15) is 41.0 Å². The van der Waals surface area contributed by atoms with Gasteiger partial charge in [-0.3, -0.25) is 4.79 Å². The lowest BCUT2D eigenvalue weighted by Crippen LogP contribution is -2.38. The monoisotopic (exact) mass is 1190 g/mol. The maximum atomic E-state index is 14.1. The first-order chi connectivity index (χ1) is 36.3. The molecule has 0 radical (unpaired) electrons. The molecule has 412 valence electrons. The summed E-state index contributed by atoms with van der Waals surface area (Å²) in [7, 11) is 0. The standard InChI is InChI=1S/C17H25FN2O4.C12H17FN2O2.C12H14FNO.C8H6BrF.C7H4BrFO/c1-17(2,3)24-16(22)19-14(11-21)12-4-5-13(18)15(10-12)20-6-8-23-9-7-20;13-10-2-1-9(11(14)8-16)7-12(10)15-3-5-17-6-4-15;1-2-10-3-4-11(13)12(9-10)14-5-7-15-8-6-14;1-2-6-3-4-8(10)7(9)5-6;8-6-3-5(4-10)1-2-7(6)9/h4-5,10,14,21H,6-9,11H2,1-3H3,(H,19,22);1-2,7,11,16H,3-6,8,14H2;2-4,9H,1,5-8H2;2-5H,1H2;1-4H/t14-;11-;;;/m00.../s1. The van der Waals surface area contributed by atoms with Gasteiger partial charge < -0.3 is 54.9 Å². The topological polar surface area (TPSA) is 159 Å². The number of morpholine rings is 3. The molecule has 0 spiro atoms. The lowest BCUT2D eigenvalue weighted by Gasteiger charge is -2.30. The van der Waals surface area contributed by atoms with Crippen LogP contribution in [0.3, 0.4) is 0 Å². The normalized spacial score (nSPS) is 15.0. The highest BCUT2D eigenvalue weighted by atomic mass is 79.9. The highest BCUT2D eigenvalue weighted by Gasteiger charge is 2.23. The van der Waals surface area contributed by atoms with Crippen LogP contribution in [0.2, 0.25) is 0 Å². The molecular weight excluding hydrogens is 1130 g/mol. The molecule has 3 fully saturated rings. The average Bonchev–Trinajstić information content (AvgIpc) is 3.43. The van der Waals surface area contributed by atoms with Crippen LogP contribution in [0.15, 0.2) is 113 Å². The Labute approximate surface area is 458 Å². The molecule has 5 aromatic rings. The van der Waals surface area contributed by atoms with Crippen molar-refractivity contribution in [2.24, 2.45) is 5.73 Å². The van der Waals surface area contributed by atoms with Gasteiger partial charge in [0.25, 0.3) is 0 Å². The molecule has 0 aromatic heterocycles. The first-order valence-electron chi connectivity index (χ1n) is 24.2. The number of nitrogens with two attached hydrogens (primary N) is 1. The van der Waals surface area contributed by atoms with E-state index >= 15 is 0 Å². The third-order valence-electron chi connectivity index (χ3n) is 11.4. The van der Waals surface area contributed by atoms with Gasteiger partial charge in [0.15, 0.2) is 0 Å². The van der Waals surface area contributed by atoms with Gasteiger partial charge in [-0.2, -0.15) is 0 Å². The number of carbonyl (C=O) groups excluding carboxylic acids is 2. The smallest absolute Gasteiger partial charge is 0.408 e. The van der Waals surface area contributed by atoms with E-state index in [4.69, 9.17) is 29.8 Å². The van der Waals surface area contributed by atoms with Crippen molar-refractivity contribution in [2.45, 2.75) is 38.5 Å². The van der Waals surface area contributed by atoms with Crippen LogP contribution in [-0.4, -0.2) is 120 Å². The predicted molar refractivity (Wildman–Crippen MR) is 295 cm³/mol. The summed E-state index contributed by atoms with van der Waals surface area (Å²) in [5.74, 6) is -1.38. The summed E-state index contributed by atoms with van der Waals surface area (Å²) >= 11 is 6.02. The van der Waals surface area contributed by atoms with Crippen LogP contribution < -0.4 is 25.8 Å². The van der Waals surface area contributed by atoms with Crippen molar-refractivity contribution >= 4 is 73.5 Å². The fourth-order valence-corrected chi connectivity index (χ4v) is 8.11. The fourth-order valence-electron chi connectivity index (χ4n) is 7.32. The van der Waals surface area contributed by atoms with Crippen LogP contribution >= 0.6 is 31.9 Å². The molecule has 0 bridgehead atoms. The molecule has 76 heavy (non-hydrogen) atoms. The zero-order valence-corrected chi connectivity index (χ0v) is 45.9. The van der Waals surface area contributed by atoms with Crippen LogP contribution in [0.1, 0.15) is 65.5 Å². The summed E-state index contributed by atoms with van der Waals surface area (Å²) < 4.78 is 88.2. The number of rotatable bonds is 11. The van der Waals surface area contributed by atoms with Gasteiger partial charge in [-0.15, -0.1) is 0 Å². The van der Waals surface area contributed by atoms with Crippen molar-refractivity contribution in [3.8, 4) is 0 Å². The van der Waals surface area contributed by atoms with Crippen molar-refractivity contribution in [2.75, 3.05) is 107 Å². The fraction of sp³-hybridized carbons (Fsp3) is 0.357. The third-order valence-corrected chi connectivity index (χ3v) is 12.6. The molecule has 0 unspecified atom stereocenters. The largest absolute Gasteiger partial charge is 0.444 e. The molecule has 3 saturated heterocycles. The minimum Gasteiger partial charge on any atom is -0.444 e. The number of alkyl carbamates (subject to hydrolysis) is 1. The number of hydrogen-bond acceptors (Lipinski definition) is 12. The van der Waals surface area contributed by atoms with Gasteiger partial charge in [0.2, 0.25) is 0 Å². The first kappa shape index (κ1) is 62.8. The van der Waals surface area contributed by atoms with Crippen molar-refractivity contribution in [3.63, 3.8) is 0 Å². The summed E-state index contributed by atoms with van der Waals surface area (Å²) in [5.41, 5.74) is 10.4. The SMILES string of the molecule is C=Cc1ccc(F)c(Br)c1.C=Cc1ccc(F)c(N2CCOCC2)c1.CC(C)(C)OC(=O)N[C@@H](CO)c1ccc(F)c(N2CCOCC2)c1.N[C@@H](CO)c1ccc(F)c(N2CCOCC2)c1.O=Cc1ccc(F)c(Br)c1. The summed E-state index contributed by atoms with van der Waals surface area (Å²) in [6, 6.07) is 22.0. The maximum absolute atomic E-state index is 14.1. The van der Waals surface area contributed by atoms with E-state index in [2.05, 4.69) is 50.3 Å². The van der Waals surface area contributed by atoms with E-state index in [1.165, 1.54) is 42.5 Å². The molecule has 0 saturated carbocycles. The molecule has 3 aliphatic heterocycles. The Hall–Kier alpha value is -5.71. The van der Waals surface area contributed by atoms with Gasteiger partial charge in [-0.05, 0) is 142 Å². The molecular formula is C56H66Br2F5N5O8. The second-order valence-corrected chi connectivity index (χ2v) is 19.7. The van der Waals surface area contributed by atoms with E-state index in [1.54, 1.807) is 75.4 Å². The van der Waals surface area contributed by atoms with Crippen molar-refractivity contribution in [3.05, 3.63) is 170 Å². The zero-order valence-electron chi connectivity index (χ0n) is 42.8. The summed E-state index contributed by atoms with van der Waals surface area (Å²) in [4.78, 5) is 27.9. The second kappa shape index (κ2) is 32.1. The third kappa shape index (κ3) is 20.7. The number of nitrogens with zero attached hydrogens (tertiary/aromatic N) is 3. The number of benzene rings is 5. The molecule has 8 rings (SSSR count). The lowest BCUT2D eigenvalue weighted by molar-refractivity contribution is 0.0481. The van der Waals surface area contributed by atoms with Gasteiger partial charge in [0.05, 0.1) is 90.9 Å². The van der Waals surface area contributed by atoms with Crippen molar-refractivity contribution < 1.29 is 60.7 Å². The summed E-state index contributed by atoms with van der Waals surface area (Å²) in [5, 5.41) is 21.2. The average molecular weight is 1190 g/mol. The molecule has 1 amide bonds. The number of amides is 1. The highest BCUT2D eigenvalue weighted by Crippen LogP contribution is 2.27. The Morgan fingerprint density at radius 1 is 0.618 bits per heavy atom. The van der Waals surface area contributed by atoms with Gasteiger partial charge >= 0.3 is 6.09 Å². The van der Waals surface area contributed by atoms with Crippen LogP contribution in [0, 0.1) is 29.1 Å². The van der Waals surface area contributed by atoms with Crippen LogP contribution in [0.25, 0.3) is 12.2 Å². The van der Waals surface area contributed by atoms with Gasteiger partial charge in [-0.1, -0.05) is 49.6 Å². The van der Waals surface area contributed by atoms with Gasteiger partial charge in [-0.25, -0.2) is 26.7 Å². The zero-order chi connectivity index (χ0) is 55.8. The molecule has 2 atom stereocenters. The minimum atomic E-state index is -0.666. The number of aliphatic hydroxyl groups is 2. The quantitative estimate of drug-likeness (QED) is 0.0734. The van der Waals surface area contributed by atoms with E-state index < -0.39 is 23.8 Å². The molecule has 5 aromatic carbocycles. The lowest BCUT2D eigenvalue weighted by atomic mass is 10.1. The Balaban J connectivity index is 0.000000213. The molecule has 0 aliphatic carbocycles. The highest BCUT2D eigenvalue weighted by molar-refractivity contribution is 9.10. The van der Waals surface area contributed by atoms with E-state index in [0.717, 1.165) is 29.8 Å². The molecule has 5 N–H and O–H groups in total. The Kier molecular flexibility index (Phi) is 26.6. The number of ether oxygens (including phenoxy) is 4. The van der Waals surface area contributed by atoms with Gasteiger partial charge in [0, 0.05) is 44.8 Å². The predicted octanol–water partition coefficient (Wildman–Crippen LogP) is 10.8. The number of nitrogens with one attached hydrogen (secondary N) is 1. The number of anilines is 3. The van der Waals surface area contributed by atoms with E-state index in [-0.39, 0.29) is 42.3 Å². The first-order valence-corrected chi connectivity index (χ1v) is 25.8. The second-order valence-electron chi connectivity index (χ2n) is 18.0. The molecule has 3 aliphatic rings. The Bertz CT molecular complexity index is 2590.